The van der Waals surface area contributed by atoms with Crippen LogP contribution in [0.4, 0.5) is 0 Å². The lowest BCUT2D eigenvalue weighted by molar-refractivity contribution is 0.0600. The Labute approximate surface area is 149 Å². The molecule has 0 bridgehead atoms. The minimum absolute atomic E-state index is 0.126. The SMILES string of the molecule is C=CCC(CC)(CC)c1ccc(Oc2ccc(C(=O)OC)cn2)cc1. The minimum atomic E-state index is -0.416. The molecule has 0 saturated carbocycles. The van der Waals surface area contributed by atoms with Gasteiger partial charge in [-0.15, -0.1) is 6.58 Å². The molecule has 0 aliphatic rings. The summed E-state index contributed by atoms with van der Waals surface area (Å²) in [6, 6.07) is 11.4. The van der Waals surface area contributed by atoms with Crippen molar-refractivity contribution in [2.75, 3.05) is 7.11 Å². The third-order valence-corrected chi connectivity index (χ3v) is 4.74. The molecule has 0 saturated heterocycles. The summed E-state index contributed by atoms with van der Waals surface area (Å²) in [5, 5.41) is 0. The molecule has 4 nitrogen and oxygen atoms in total. The highest BCUT2D eigenvalue weighted by Gasteiger charge is 2.26. The summed E-state index contributed by atoms with van der Waals surface area (Å²) in [4.78, 5) is 15.6. The Kier molecular flexibility index (Phi) is 6.34. The Hall–Kier alpha value is -2.62. The molecule has 1 heterocycles. The molecule has 0 spiro atoms. The molecule has 0 unspecified atom stereocenters. The molecule has 0 fully saturated rings. The summed E-state index contributed by atoms with van der Waals surface area (Å²) in [7, 11) is 1.34. The van der Waals surface area contributed by atoms with Crippen LogP contribution in [0.1, 0.15) is 49.0 Å². The molecule has 2 rings (SSSR count). The van der Waals surface area contributed by atoms with Crippen molar-refractivity contribution in [1.29, 1.82) is 0 Å². The fourth-order valence-corrected chi connectivity index (χ4v) is 3.02. The lowest BCUT2D eigenvalue weighted by atomic mass is 9.73. The number of aromatic nitrogens is 1. The van der Waals surface area contributed by atoms with Crippen LogP contribution in [0.3, 0.4) is 0 Å². The normalized spacial score (nSPS) is 11.0. The number of ether oxygens (including phenoxy) is 2. The van der Waals surface area contributed by atoms with Crippen LogP contribution >= 0.6 is 0 Å². The molecule has 4 heteroatoms. The topological polar surface area (TPSA) is 48.4 Å². The van der Waals surface area contributed by atoms with Crippen LogP contribution in [-0.4, -0.2) is 18.1 Å². The van der Waals surface area contributed by atoms with Gasteiger partial charge in [-0.1, -0.05) is 32.1 Å². The number of carbonyl (C=O) groups excluding carboxylic acids is 1. The zero-order valence-corrected chi connectivity index (χ0v) is 15.1. The number of allylic oxidation sites excluding steroid dienone is 1. The van der Waals surface area contributed by atoms with Crippen LogP contribution in [0.25, 0.3) is 0 Å². The smallest absolute Gasteiger partial charge is 0.339 e. The molecule has 25 heavy (non-hydrogen) atoms. The molecule has 1 aromatic carbocycles. The van der Waals surface area contributed by atoms with Gasteiger partial charge < -0.3 is 9.47 Å². The predicted molar refractivity (Wildman–Crippen MR) is 99.2 cm³/mol. The van der Waals surface area contributed by atoms with Crippen LogP contribution < -0.4 is 4.74 Å². The van der Waals surface area contributed by atoms with E-state index < -0.39 is 5.97 Å². The molecule has 0 radical (unpaired) electrons. The molecule has 0 amide bonds. The molecule has 0 aliphatic carbocycles. The van der Waals surface area contributed by atoms with Crippen LogP contribution in [0.5, 0.6) is 11.6 Å². The van der Waals surface area contributed by atoms with Gasteiger partial charge in [-0.2, -0.15) is 0 Å². The summed E-state index contributed by atoms with van der Waals surface area (Å²) in [6.07, 6.45) is 6.51. The van der Waals surface area contributed by atoms with E-state index >= 15 is 0 Å². The second kappa shape index (κ2) is 8.47. The maximum Gasteiger partial charge on any atom is 0.339 e. The van der Waals surface area contributed by atoms with Crippen molar-refractivity contribution in [2.24, 2.45) is 0 Å². The summed E-state index contributed by atoms with van der Waals surface area (Å²) in [5.74, 6) is 0.728. The first-order valence-corrected chi connectivity index (χ1v) is 8.52. The van der Waals surface area contributed by atoms with E-state index in [1.807, 2.05) is 18.2 Å². The van der Waals surface area contributed by atoms with Crippen molar-refractivity contribution < 1.29 is 14.3 Å². The van der Waals surface area contributed by atoms with Gasteiger partial charge in [0.25, 0.3) is 0 Å². The lowest BCUT2D eigenvalue weighted by Gasteiger charge is -2.31. The molecular weight excluding hydrogens is 314 g/mol. The fourth-order valence-electron chi connectivity index (χ4n) is 3.02. The molecule has 0 N–H and O–H groups in total. The molecule has 0 aliphatic heterocycles. The average Bonchev–Trinajstić information content (AvgIpc) is 2.67. The van der Waals surface area contributed by atoms with Crippen molar-refractivity contribution in [1.82, 2.24) is 4.98 Å². The van der Waals surface area contributed by atoms with Gasteiger partial charge in [-0.3, -0.25) is 0 Å². The Morgan fingerprint density at radius 3 is 2.32 bits per heavy atom. The van der Waals surface area contributed by atoms with Gasteiger partial charge in [0.15, 0.2) is 0 Å². The number of hydrogen-bond acceptors (Lipinski definition) is 4. The number of rotatable bonds is 8. The van der Waals surface area contributed by atoms with E-state index in [1.54, 1.807) is 12.1 Å². The maximum atomic E-state index is 11.4. The highest BCUT2D eigenvalue weighted by molar-refractivity contribution is 5.88. The average molecular weight is 339 g/mol. The van der Waals surface area contributed by atoms with Crippen LogP contribution in [-0.2, 0) is 10.2 Å². The van der Waals surface area contributed by atoms with Gasteiger partial charge in [0.05, 0.1) is 12.7 Å². The van der Waals surface area contributed by atoms with Gasteiger partial charge in [0.1, 0.15) is 5.75 Å². The molecule has 1 aromatic heterocycles. The van der Waals surface area contributed by atoms with Crippen LogP contribution in [0.15, 0.2) is 55.3 Å². The number of benzene rings is 1. The van der Waals surface area contributed by atoms with E-state index in [0.29, 0.717) is 17.2 Å². The van der Waals surface area contributed by atoms with Crippen LogP contribution in [0, 0.1) is 0 Å². The van der Waals surface area contributed by atoms with Crippen molar-refractivity contribution in [3.05, 3.63) is 66.4 Å². The van der Waals surface area contributed by atoms with Gasteiger partial charge in [0, 0.05) is 12.3 Å². The zero-order valence-electron chi connectivity index (χ0n) is 15.1. The Balaban J connectivity index is 2.14. The van der Waals surface area contributed by atoms with Crippen molar-refractivity contribution in [3.8, 4) is 11.6 Å². The zero-order chi connectivity index (χ0) is 18.3. The highest BCUT2D eigenvalue weighted by Crippen LogP contribution is 2.36. The standard InChI is InChI=1S/C21H25NO3/c1-5-14-21(6-2,7-3)17-9-11-18(12-10-17)25-19-13-8-16(15-22-19)20(23)24-4/h5,8-13,15H,1,6-7,14H2,2-4H3. The summed E-state index contributed by atoms with van der Waals surface area (Å²) in [5.41, 5.74) is 1.81. The third-order valence-electron chi connectivity index (χ3n) is 4.74. The second-order valence-electron chi connectivity index (χ2n) is 5.98. The Morgan fingerprint density at radius 2 is 1.84 bits per heavy atom. The van der Waals surface area contributed by atoms with E-state index in [0.717, 1.165) is 19.3 Å². The van der Waals surface area contributed by atoms with Crippen molar-refractivity contribution in [3.63, 3.8) is 0 Å². The van der Waals surface area contributed by atoms with Crippen LogP contribution in [0.2, 0.25) is 0 Å². The lowest BCUT2D eigenvalue weighted by Crippen LogP contribution is -2.23. The number of methoxy groups -OCH3 is 1. The van der Waals surface area contributed by atoms with Crippen molar-refractivity contribution in [2.45, 2.75) is 38.5 Å². The number of carbonyl (C=O) groups is 1. The largest absolute Gasteiger partial charge is 0.465 e. The fraction of sp³-hybridized carbons (Fsp3) is 0.333. The van der Waals surface area contributed by atoms with Gasteiger partial charge in [0.2, 0.25) is 5.88 Å². The van der Waals surface area contributed by atoms with E-state index in [9.17, 15) is 4.79 Å². The quantitative estimate of drug-likeness (QED) is 0.484. The molecular formula is C21H25NO3. The Bertz CT molecular complexity index is 701. The molecule has 132 valence electrons. The summed E-state index contributed by atoms with van der Waals surface area (Å²) in [6.45, 7) is 8.33. The first-order valence-electron chi connectivity index (χ1n) is 8.52. The second-order valence-corrected chi connectivity index (χ2v) is 5.98. The first kappa shape index (κ1) is 18.7. The monoisotopic (exact) mass is 339 g/mol. The number of esters is 1. The van der Waals surface area contributed by atoms with Gasteiger partial charge in [-0.25, -0.2) is 9.78 Å². The number of hydrogen-bond donors (Lipinski definition) is 0. The van der Waals surface area contributed by atoms with E-state index in [2.05, 4.69) is 42.3 Å². The van der Waals surface area contributed by atoms with E-state index in [4.69, 9.17) is 4.74 Å². The summed E-state index contributed by atoms with van der Waals surface area (Å²) < 4.78 is 10.4. The number of nitrogens with zero attached hydrogens (tertiary/aromatic N) is 1. The molecule has 0 atom stereocenters. The maximum absolute atomic E-state index is 11.4. The minimum Gasteiger partial charge on any atom is -0.465 e. The van der Waals surface area contributed by atoms with Crippen molar-refractivity contribution >= 4 is 5.97 Å². The molecule has 2 aromatic rings. The number of pyridine rings is 1. The summed E-state index contributed by atoms with van der Waals surface area (Å²) >= 11 is 0. The first-order chi connectivity index (χ1) is 12.1. The predicted octanol–water partition coefficient (Wildman–Crippen LogP) is 5.29. The highest BCUT2D eigenvalue weighted by atomic mass is 16.5. The third kappa shape index (κ3) is 4.27. The van der Waals surface area contributed by atoms with E-state index in [-0.39, 0.29) is 5.41 Å². The Morgan fingerprint density at radius 1 is 1.16 bits per heavy atom. The van der Waals surface area contributed by atoms with E-state index in [1.165, 1.54) is 18.9 Å². The van der Waals surface area contributed by atoms with Gasteiger partial charge in [-0.05, 0) is 48.4 Å². The van der Waals surface area contributed by atoms with Gasteiger partial charge >= 0.3 is 5.97 Å².